The molecule has 0 aliphatic heterocycles. The Morgan fingerprint density at radius 2 is 0.583 bits per heavy atom. The maximum Gasteiger partial charge on any atom is -0.0383 e. The molecule has 216 valence electrons. The Labute approximate surface area is 231 Å². The van der Waals surface area contributed by atoms with Gasteiger partial charge >= 0.3 is 0 Å². The molecule has 0 nitrogen and oxygen atoms in total. The van der Waals surface area contributed by atoms with Crippen LogP contribution in [-0.4, -0.2) is 0 Å². The van der Waals surface area contributed by atoms with Crippen molar-refractivity contribution in [2.45, 2.75) is 184 Å². The predicted octanol–water partition coefficient (Wildman–Crippen LogP) is 12.9. The van der Waals surface area contributed by atoms with E-state index >= 15 is 0 Å². The third kappa shape index (κ3) is 11.8. The van der Waals surface area contributed by atoms with E-state index in [4.69, 9.17) is 0 Å². The third-order valence-electron chi connectivity index (χ3n) is 10.4. The van der Waals surface area contributed by atoms with E-state index in [1.54, 1.807) is 103 Å². The van der Waals surface area contributed by atoms with E-state index in [0.717, 1.165) is 0 Å². The first-order valence-corrected chi connectivity index (χ1v) is 17.8. The van der Waals surface area contributed by atoms with Crippen LogP contribution in [0.15, 0.2) is 0 Å². The number of hydrogen-bond acceptors (Lipinski definition) is 0. The second-order valence-corrected chi connectivity index (χ2v) is 12.3. The highest BCUT2D eigenvalue weighted by Gasteiger charge is 2.38. The SMILES string of the molecule is C1CC2CC(C1)C2.C1CC2CCC1C2.C1CC2CCC2C1.C1CCC2CC2C1.CC.CC.CC.CC. The lowest BCUT2D eigenvalue weighted by Crippen LogP contribution is -2.28. The number of rotatable bonds is 0. The molecule has 0 heterocycles. The van der Waals surface area contributed by atoms with Crippen LogP contribution in [0.1, 0.15) is 184 Å². The first-order chi connectivity index (χ1) is 17.8. The molecule has 0 aromatic heterocycles. The Morgan fingerprint density at radius 3 is 0.778 bits per heavy atom. The normalized spacial score (nSPS) is 38.0. The summed E-state index contributed by atoms with van der Waals surface area (Å²) in [6.45, 7) is 16.0. The van der Waals surface area contributed by atoms with E-state index in [2.05, 4.69) is 0 Å². The molecule has 9 rings (SSSR count). The minimum Gasteiger partial charge on any atom is -0.0683 e. The van der Waals surface area contributed by atoms with Gasteiger partial charge in [0.1, 0.15) is 0 Å². The molecule has 9 aliphatic rings. The quantitative estimate of drug-likeness (QED) is 0.307. The molecular formula is C36H72. The lowest BCUT2D eigenvalue weighted by atomic mass is 9.65. The average Bonchev–Trinajstić information content (AvgIpc) is 3.20. The standard InChI is InChI=1S/4C7H12.4C2H6/c1-2-7-4-3-6(1)5-7;1-2-6-4-7(3-1)5-6;1-2-6-4-5-7(6)3-1;1-2-4-7-5-6(7)3-1;4*1-2/h4*6-7H,1-5H2;4*1-2H3. The van der Waals surface area contributed by atoms with E-state index in [1.807, 2.05) is 55.4 Å². The summed E-state index contributed by atoms with van der Waals surface area (Å²) >= 11 is 0. The van der Waals surface area contributed by atoms with Crippen molar-refractivity contribution in [2.24, 2.45) is 47.3 Å². The van der Waals surface area contributed by atoms with E-state index in [-0.39, 0.29) is 0 Å². The molecule has 4 unspecified atom stereocenters. The number of fused-ring (bicyclic) bond motifs is 6. The zero-order valence-corrected chi connectivity index (χ0v) is 26.8. The van der Waals surface area contributed by atoms with Gasteiger partial charge in [0.25, 0.3) is 0 Å². The van der Waals surface area contributed by atoms with Gasteiger partial charge in [-0.1, -0.05) is 145 Å². The van der Waals surface area contributed by atoms with Crippen LogP contribution in [-0.2, 0) is 0 Å². The molecule has 0 heteroatoms. The summed E-state index contributed by atoms with van der Waals surface area (Å²) < 4.78 is 0. The van der Waals surface area contributed by atoms with Gasteiger partial charge in [-0.2, -0.15) is 0 Å². The largest absolute Gasteiger partial charge is 0.0683 e. The second-order valence-electron chi connectivity index (χ2n) is 12.3. The molecule has 9 saturated carbocycles. The maximum atomic E-state index is 2.00. The van der Waals surface area contributed by atoms with E-state index < -0.39 is 0 Å². The Morgan fingerprint density at radius 1 is 0.250 bits per heavy atom. The molecule has 9 fully saturated rings. The van der Waals surface area contributed by atoms with Gasteiger partial charge in [0.2, 0.25) is 0 Å². The molecule has 0 aromatic carbocycles. The maximum absolute atomic E-state index is 2.00. The van der Waals surface area contributed by atoms with Gasteiger partial charge in [-0.25, -0.2) is 0 Å². The Bertz CT molecular complexity index is 417. The van der Waals surface area contributed by atoms with E-state index in [0.29, 0.717) is 0 Å². The van der Waals surface area contributed by atoms with Crippen LogP contribution in [0.3, 0.4) is 0 Å². The molecule has 0 spiro atoms. The van der Waals surface area contributed by atoms with Crippen molar-refractivity contribution in [3.8, 4) is 0 Å². The summed E-state index contributed by atoms with van der Waals surface area (Å²) in [6, 6.07) is 0. The average molecular weight is 505 g/mol. The molecule has 0 saturated heterocycles. The van der Waals surface area contributed by atoms with Gasteiger partial charge in [-0.15, -0.1) is 0 Å². The Kier molecular flexibility index (Phi) is 19.8. The molecule has 36 heavy (non-hydrogen) atoms. The molecule has 0 aromatic rings. The summed E-state index contributed by atoms with van der Waals surface area (Å²) in [5, 5.41) is 0. The fourth-order valence-corrected chi connectivity index (χ4v) is 8.09. The highest BCUT2D eigenvalue weighted by Crippen LogP contribution is 2.49. The van der Waals surface area contributed by atoms with Crippen LogP contribution in [0.2, 0.25) is 0 Å². The molecule has 9 aliphatic carbocycles. The van der Waals surface area contributed by atoms with Crippen molar-refractivity contribution in [3.63, 3.8) is 0 Å². The molecule has 0 amide bonds. The molecule has 4 atom stereocenters. The molecular weight excluding hydrogens is 432 g/mol. The minimum absolute atomic E-state index is 1.17. The topological polar surface area (TPSA) is 0 Å². The summed E-state index contributed by atoms with van der Waals surface area (Å²) in [4.78, 5) is 0. The highest BCUT2D eigenvalue weighted by molar-refractivity contribution is 4.89. The van der Waals surface area contributed by atoms with Crippen LogP contribution in [0, 0.1) is 47.3 Å². The smallest absolute Gasteiger partial charge is 0.0383 e. The van der Waals surface area contributed by atoms with Crippen molar-refractivity contribution in [3.05, 3.63) is 0 Å². The van der Waals surface area contributed by atoms with Crippen molar-refractivity contribution in [2.75, 3.05) is 0 Å². The molecule has 0 radical (unpaired) electrons. The predicted molar refractivity (Wildman–Crippen MR) is 166 cm³/mol. The molecule has 0 N–H and O–H groups in total. The summed E-state index contributed by atoms with van der Waals surface area (Å²) in [7, 11) is 0. The minimum atomic E-state index is 1.17. The van der Waals surface area contributed by atoms with Crippen LogP contribution < -0.4 is 0 Å². The zero-order chi connectivity index (χ0) is 26.8. The van der Waals surface area contributed by atoms with E-state index in [9.17, 15) is 0 Å². The first-order valence-electron chi connectivity index (χ1n) is 17.8. The second kappa shape index (κ2) is 20.9. The van der Waals surface area contributed by atoms with Gasteiger partial charge in [-0.05, 0) is 85.9 Å². The van der Waals surface area contributed by atoms with Crippen LogP contribution >= 0.6 is 0 Å². The van der Waals surface area contributed by atoms with Crippen LogP contribution in [0.25, 0.3) is 0 Å². The fourth-order valence-electron chi connectivity index (χ4n) is 8.09. The van der Waals surface area contributed by atoms with E-state index in [1.165, 1.54) is 73.0 Å². The zero-order valence-electron chi connectivity index (χ0n) is 26.8. The van der Waals surface area contributed by atoms with Gasteiger partial charge in [0.05, 0.1) is 0 Å². The Balaban J connectivity index is 0.000000220. The Hall–Kier alpha value is 0. The third-order valence-corrected chi connectivity index (χ3v) is 10.4. The summed E-state index contributed by atoms with van der Waals surface area (Å²) in [5.74, 6) is 9.50. The highest BCUT2D eigenvalue weighted by atomic mass is 14.4. The number of hydrogen-bond donors (Lipinski definition) is 0. The first kappa shape index (κ1) is 34.0. The van der Waals surface area contributed by atoms with Crippen LogP contribution in [0.4, 0.5) is 0 Å². The van der Waals surface area contributed by atoms with Gasteiger partial charge < -0.3 is 0 Å². The summed E-state index contributed by atoms with van der Waals surface area (Å²) in [6.07, 6.45) is 31.2. The van der Waals surface area contributed by atoms with Crippen molar-refractivity contribution in [1.82, 2.24) is 0 Å². The van der Waals surface area contributed by atoms with Gasteiger partial charge in [-0.3, -0.25) is 0 Å². The van der Waals surface area contributed by atoms with Crippen LogP contribution in [0.5, 0.6) is 0 Å². The summed E-state index contributed by atoms with van der Waals surface area (Å²) in [5.41, 5.74) is 0. The van der Waals surface area contributed by atoms with Crippen molar-refractivity contribution >= 4 is 0 Å². The van der Waals surface area contributed by atoms with Gasteiger partial charge in [0.15, 0.2) is 0 Å². The fraction of sp³-hybridized carbons (Fsp3) is 1.00. The monoisotopic (exact) mass is 505 g/mol. The lowest BCUT2D eigenvalue weighted by molar-refractivity contribution is 0.116. The molecule has 4 bridgehead atoms. The van der Waals surface area contributed by atoms with Crippen molar-refractivity contribution < 1.29 is 0 Å². The van der Waals surface area contributed by atoms with Gasteiger partial charge in [0, 0.05) is 0 Å². The van der Waals surface area contributed by atoms with Crippen molar-refractivity contribution in [1.29, 1.82) is 0 Å². The lowest BCUT2D eigenvalue weighted by Gasteiger charge is -2.40.